The molecule has 4 heteroatoms. The summed E-state index contributed by atoms with van der Waals surface area (Å²) in [7, 11) is 0. The van der Waals surface area contributed by atoms with E-state index < -0.39 is 0 Å². The Morgan fingerprint density at radius 3 is 2.38 bits per heavy atom. The molecular formula is C12H14N4. The zero-order chi connectivity index (χ0) is 11.7. The van der Waals surface area contributed by atoms with E-state index in [1.54, 1.807) is 0 Å². The number of hydrogen-bond acceptors (Lipinski definition) is 4. The van der Waals surface area contributed by atoms with Crippen molar-refractivity contribution in [3.63, 3.8) is 0 Å². The van der Waals surface area contributed by atoms with Crippen LogP contribution in [0.25, 0.3) is 11.4 Å². The Kier molecular flexibility index (Phi) is 2.56. The number of aromatic nitrogens is 3. The maximum Gasteiger partial charge on any atom is 0.223 e. The first kappa shape index (κ1) is 10.5. The van der Waals surface area contributed by atoms with Crippen LogP contribution in [0.4, 0.5) is 5.95 Å². The van der Waals surface area contributed by atoms with Crippen LogP contribution in [0, 0.1) is 20.8 Å². The fourth-order valence-corrected chi connectivity index (χ4v) is 1.69. The smallest absolute Gasteiger partial charge is 0.223 e. The first-order valence-corrected chi connectivity index (χ1v) is 5.12. The van der Waals surface area contributed by atoms with Crippen LogP contribution in [0.1, 0.15) is 17.0 Å². The van der Waals surface area contributed by atoms with Gasteiger partial charge in [0.2, 0.25) is 5.95 Å². The van der Waals surface area contributed by atoms with Crippen molar-refractivity contribution in [1.29, 1.82) is 0 Å². The van der Waals surface area contributed by atoms with Crippen molar-refractivity contribution >= 4 is 5.95 Å². The number of rotatable bonds is 1. The number of benzene rings is 1. The molecule has 16 heavy (non-hydrogen) atoms. The molecule has 1 heterocycles. The summed E-state index contributed by atoms with van der Waals surface area (Å²) in [5.41, 5.74) is 8.98. The van der Waals surface area contributed by atoms with Crippen LogP contribution in [-0.4, -0.2) is 15.0 Å². The van der Waals surface area contributed by atoms with Gasteiger partial charge >= 0.3 is 0 Å². The zero-order valence-electron chi connectivity index (χ0n) is 9.65. The van der Waals surface area contributed by atoms with Gasteiger partial charge in [-0.15, -0.1) is 0 Å². The van der Waals surface area contributed by atoms with Gasteiger partial charge in [0.1, 0.15) is 5.82 Å². The largest absolute Gasteiger partial charge is 0.368 e. The lowest BCUT2D eigenvalue weighted by Gasteiger charge is -2.06. The SMILES string of the molecule is Cc1ccc(-c2nc(C)nc(N)n2)c(C)c1. The van der Waals surface area contributed by atoms with Gasteiger partial charge in [0, 0.05) is 5.56 Å². The monoisotopic (exact) mass is 214 g/mol. The molecule has 82 valence electrons. The molecule has 1 aromatic carbocycles. The molecule has 2 aromatic rings. The molecule has 0 radical (unpaired) electrons. The van der Waals surface area contributed by atoms with Gasteiger partial charge < -0.3 is 5.73 Å². The first-order valence-electron chi connectivity index (χ1n) is 5.12. The summed E-state index contributed by atoms with van der Waals surface area (Å²) in [4.78, 5) is 12.4. The highest BCUT2D eigenvalue weighted by molar-refractivity contribution is 5.61. The van der Waals surface area contributed by atoms with Gasteiger partial charge in [-0.1, -0.05) is 23.8 Å². The number of anilines is 1. The molecule has 0 unspecified atom stereocenters. The van der Waals surface area contributed by atoms with E-state index in [4.69, 9.17) is 5.73 Å². The van der Waals surface area contributed by atoms with Crippen molar-refractivity contribution in [2.24, 2.45) is 0 Å². The van der Waals surface area contributed by atoms with Crippen LogP contribution >= 0.6 is 0 Å². The molecule has 0 fully saturated rings. The fourth-order valence-electron chi connectivity index (χ4n) is 1.69. The molecule has 0 aliphatic carbocycles. The second-order valence-electron chi connectivity index (χ2n) is 3.88. The topological polar surface area (TPSA) is 64.7 Å². The van der Waals surface area contributed by atoms with Crippen LogP contribution in [0.15, 0.2) is 18.2 Å². The predicted molar refractivity (Wildman–Crippen MR) is 63.9 cm³/mol. The lowest BCUT2D eigenvalue weighted by atomic mass is 10.1. The molecule has 0 aliphatic rings. The van der Waals surface area contributed by atoms with Crippen molar-refractivity contribution in [2.45, 2.75) is 20.8 Å². The van der Waals surface area contributed by atoms with Gasteiger partial charge in [-0.05, 0) is 26.3 Å². The Bertz CT molecular complexity index is 514. The van der Waals surface area contributed by atoms with E-state index in [-0.39, 0.29) is 5.95 Å². The summed E-state index contributed by atoms with van der Waals surface area (Å²) in [6.45, 7) is 5.91. The highest BCUT2D eigenvalue weighted by Gasteiger charge is 2.07. The summed E-state index contributed by atoms with van der Waals surface area (Å²) in [5.74, 6) is 1.55. The molecule has 2 N–H and O–H groups in total. The van der Waals surface area contributed by atoms with E-state index in [0.717, 1.165) is 11.1 Å². The van der Waals surface area contributed by atoms with E-state index >= 15 is 0 Å². The highest BCUT2D eigenvalue weighted by atomic mass is 15.1. The summed E-state index contributed by atoms with van der Waals surface area (Å²) < 4.78 is 0. The molecule has 0 saturated carbocycles. The number of nitrogens with two attached hydrogens (primary N) is 1. The zero-order valence-corrected chi connectivity index (χ0v) is 9.65. The molecule has 0 saturated heterocycles. The molecule has 0 aliphatic heterocycles. The van der Waals surface area contributed by atoms with Gasteiger partial charge in [-0.3, -0.25) is 0 Å². The molecule has 0 bridgehead atoms. The molecule has 0 atom stereocenters. The van der Waals surface area contributed by atoms with E-state index in [1.165, 1.54) is 5.56 Å². The van der Waals surface area contributed by atoms with Gasteiger partial charge in [0.15, 0.2) is 5.82 Å². The minimum Gasteiger partial charge on any atom is -0.368 e. The predicted octanol–water partition coefficient (Wildman–Crippen LogP) is 2.05. The first-order chi connectivity index (χ1) is 7.56. The van der Waals surface area contributed by atoms with Gasteiger partial charge in [0.05, 0.1) is 0 Å². The summed E-state index contributed by atoms with van der Waals surface area (Å²) >= 11 is 0. The third kappa shape index (κ3) is 2.00. The van der Waals surface area contributed by atoms with Crippen LogP contribution in [-0.2, 0) is 0 Å². The lowest BCUT2D eigenvalue weighted by molar-refractivity contribution is 0.994. The van der Waals surface area contributed by atoms with Crippen molar-refractivity contribution in [1.82, 2.24) is 15.0 Å². The van der Waals surface area contributed by atoms with Gasteiger partial charge in [-0.25, -0.2) is 4.98 Å². The van der Waals surface area contributed by atoms with E-state index in [1.807, 2.05) is 26.0 Å². The second kappa shape index (κ2) is 3.89. The Labute approximate surface area is 94.6 Å². The van der Waals surface area contributed by atoms with Crippen molar-refractivity contribution < 1.29 is 0 Å². The maximum absolute atomic E-state index is 5.61. The van der Waals surface area contributed by atoms with E-state index in [0.29, 0.717) is 11.6 Å². The third-order valence-corrected chi connectivity index (χ3v) is 2.39. The van der Waals surface area contributed by atoms with Crippen molar-refractivity contribution in [3.05, 3.63) is 35.2 Å². The van der Waals surface area contributed by atoms with Crippen molar-refractivity contribution in [3.8, 4) is 11.4 Å². The average Bonchev–Trinajstić information content (AvgIpc) is 2.15. The van der Waals surface area contributed by atoms with Crippen LogP contribution < -0.4 is 5.73 Å². The Morgan fingerprint density at radius 2 is 1.75 bits per heavy atom. The lowest BCUT2D eigenvalue weighted by Crippen LogP contribution is -2.02. The van der Waals surface area contributed by atoms with Crippen LogP contribution in [0.5, 0.6) is 0 Å². The average molecular weight is 214 g/mol. The Morgan fingerprint density at radius 1 is 1.00 bits per heavy atom. The van der Waals surface area contributed by atoms with Gasteiger partial charge in [-0.2, -0.15) is 9.97 Å². The summed E-state index contributed by atoms with van der Waals surface area (Å²) in [6, 6.07) is 6.15. The number of nitrogens with zero attached hydrogens (tertiary/aromatic N) is 3. The Hall–Kier alpha value is -1.97. The maximum atomic E-state index is 5.61. The third-order valence-electron chi connectivity index (χ3n) is 2.39. The standard InChI is InChI=1S/C12H14N4/c1-7-4-5-10(8(2)6-7)11-14-9(3)15-12(13)16-11/h4-6H,1-3H3,(H2,13,14,15,16). The molecule has 1 aromatic heterocycles. The number of aryl methyl sites for hydroxylation is 3. The van der Waals surface area contributed by atoms with Crippen molar-refractivity contribution in [2.75, 3.05) is 5.73 Å². The summed E-state index contributed by atoms with van der Waals surface area (Å²) in [5, 5.41) is 0. The molecule has 0 spiro atoms. The molecule has 2 rings (SSSR count). The minimum absolute atomic E-state index is 0.266. The van der Waals surface area contributed by atoms with Crippen LogP contribution in [0.2, 0.25) is 0 Å². The normalized spacial score (nSPS) is 10.4. The number of hydrogen-bond donors (Lipinski definition) is 1. The molecular weight excluding hydrogens is 200 g/mol. The number of nitrogen functional groups attached to an aromatic ring is 1. The second-order valence-corrected chi connectivity index (χ2v) is 3.88. The highest BCUT2D eigenvalue weighted by Crippen LogP contribution is 2.21. The Balaban J connectivity index is 2.58. The summed E-state index contributed by atoms with van der Waals surface area (Å²) in [6.07, 6.45) is 0. The molecule has 0 amide bonds. The minimum atomic E-state index is 0.266. The van der Waals surface area contributed by atoms with Crippen LogP contribution in [0.3, 0.4) is 0 Å². The van der Waals surface area contributed by atoms with E-state index in [9.17, 15) is 0 Å². The van der Waals surface area contributed by atoms with E-state index in [2.05, 4.69) is 27.9 Å². The molecule has 4 nitrogen and oxygen atoms in total. The quantitative estimate of drug-likeness (QED) is 0.789. The van der Waals surface area contributed by atoms with Gasteiger partial charge in [0.25, 0.3) is 0 Å². The fraction of sp³-hybridized carbons (Fsp3) is 0.250.